The molecule has 2 amide bonds. The van der Waals surface area contributed by atoms with Crippen molar-refractivity contribution in [2.75, 3.05) is 13.2 Å². The lowest BCUT2D eigenvalue weighted by Crippen LogP contribution is -2.41. The lowest BCUT2D eigenvalue weighted by molar-refractivity contribution is 0.0422. The molecule has 1 aromatic carbocycles. The standard InChI is InChI=1S/C14H17ClN2O3/c1-9-4-5-10(7-12(9)15)13(18)20-8-11-3-2-6-17(11)14(16)19/h4-5,7,11H,2-3,6,8H2,1H3,(H2,16,19)/t11-/m1/s1. The van der Waals surface area contributed by atoms with E-state index in [-0.39, 0.29) is 12.6 Å². The average molecular weight is 297 g/mol. The topological polar surface area (TPSA) is 72.6 Å². The Hall–Kier alpha value is -1.75. The van der Waals surface area contributed by atoms with E-state index in [1.165, 1.54) is 4.90 Å². The van der Waals surface area contributed by atoms with E-state index >= 15 is 0 Å². The fourth-order valence-electron chi connectivity index (χ4n) is 2.27. The maximum absolute atomic E-state index is 11.9. The van der Waals surface area contributed by atoms with Crippen molar-refractivity contribution in [3.05, 3.63) is 34.3 Å². The van der Waals surface area contributed by atoms with Gasteiger partial charge in [-0.3, -0.25) is 0 Å². The van der Waals surface area contributed by atoms with Crippen LogP contribution in [-0.4, -0.2) is 36.1 Å². The number of primary amides is 1. The number of likely N-dealkylation sites (tertiary alicyclic amines) is 1. The van der Waals surface area contributed by atoms with Gasteiger partial charge >= 0.3 is 12.0 Å². The van der Waals surface area contributed by atoms with E-state index in [1.54, 1.807) is 18.2 Å². The summed E-state index contributed by atoms with van der Waals surface area (Å²) in [5.74, 6) is -0.441. The summed E-state index contributed by atoms with van der Waals surface area (Å²) in [6, 6.07) is 4.42. The summed E-state index contributed by atoms with van der Waals surface area (Å²) in [4.78, 5) is 24.7. The van der Waals surface area contributed by atoms with Gasteiger partial charge in [0.15, 0.2) is 0 Å². The first-order valence-electron chi connectivity index (χ1n) is 6.48. The van der Waals surface area contributed by atoms with Gasteiger partial charge in [0.05, 0.1) is 11.6 Å². The van der Waals surface area contributed by atoms with Gasteiger partial charge < -0.3 is 15.4 Å². The zero-order valence-electron chi connectivity index (χ0n) is 11.3. The average Bonchev–Trinajstić information content (AvgIpc) is 2.87. The number of nitrogens with two attached hydrogens (primary N) is 1. The molecular weight excluding hydrogens is 280 g/mol. The summed E-state index contributed by atoms with van der Waals surface area (Å²) in [5.41, 5.74) is 6.58. The highest BCUT2D eigenvalue weighted by molar-refractivity contribution is 6.31. The normalized spacial score (nSPS) is 18.1. The molecule has 2 rings (SSSR count). The van der Waals surface area contributed by atoms with Gasteiger partial charge in [0.1, 0.15) is 6.61 Å². The second-order valence-electron chi connectivity index (χ2n) is 4.89. The van der Waals surface area contributed by atoms with Crippen molar-refractivity contribution < 1.29 is 14.3 Å². The van der Waals surface area contributed by atoms with Gasteiger partial charge in [-0.2, -0.15) is 0 Å². The first kappa shape index (κ1) is 14.7. The predicted molar refractivity (Wildman–Crippen MR) is 75.8 cm³/mol. The number of nitrogens with zero attached hydrogens (tertiary/aromatic N) is 1. The number of aryl methyl sites for hydroxylation is 1. The first-order valence-corrected chi connectivity index (χ1v) is 6.86. The molecule has 1 saturated heterocycles. The number of benzene rings is 1. The fourth-order valence-corrected chi connectivity index (χ4v) is 2.45. The Balaban J connectivity index is 1.95. The molecular formula is C14H17ClN2O3. The molecule has 1 fully saturated rings. The number of esters is 1. The molecule has 0 aromatic heterocycles. The van der Waals surface area contributed by atoms with Crippen molar-refractivity contribution in [1.29, 1.82) is 0 Å². The largest absolute Gasteiger partial charge is 0.460 e. The molecule has 1 aliphatic heterocycles. The van der Waals surface area contributed by atoms with Crippen molar-refractivity contribution in [3.63, 3.8) is 0 Å². The summed E-state index contributed by atoms with van der Waals surface area (Å²) >= 11 is 5.97. The summed E-state index contributed by atoms with van der Waals surface area (Å²) in [5, 5.41) is 0.527. The lowest BCUT2D eigenvalue weighted by atomic mass is 10.1. The molecule has 5 nitrogen and oxygen atoms in total. The van der Waals surface area contributed by atoms with Crippen LogP contribution in [0.25, 0.3) is 0 Å². The number of rotatable bonds is 3. The molecule has 0 unspecified atom stereocenters. The van der Waals surface area contributed by atoms with Crippen LogP contribution in [0.4, 0.5) is 4.79 Å². The van der Waals surface area contributed by atoms with Crippen LogP contribution in [0.3, 0.4) is 0 Å². The molecule has 1 aromatic rings. The highest BCUT2D eigenvalue weighted by Gasteiger charge is 2.28. The summed E-state index contributed by atoms with van der Waals surface area (Å²) in [7, 11) is 0. The molecule has 108 valence electrons. The van der Waals surface area contributed by atoms with Gasteiger partial charge in [0.2, 0.25) is 0 Å². The van der Waals surface area contributed by atoms with Crippen LogP contribution in [0, 0.1) is 6.92 Å². The Morgan fingerprint density at radius 2 is 2.25 bits per heavy atom. The van der Waals surface area contributed by atoms with Gasteiger partial charge in [-0.1, -0.05) is 17.7 Å². The fraction of sp³-hybridized carbons (Fsp3) is 0.429. The number of halogens is 1. The van der Waals surface area contributed by atoms with Gasteiger partial charge in [0, 0.05) is 11.6 Å². The van der Waals surface area contributed by atoms with Crippen LogP contribution in [0.1, 0.15) is 28.8 Å². The van der Waals surface area contributed by atoms with Gasteiger partial charge in [0.25, 0.3) is 0 Å². The van der Waals surface area contributed by atoms with Gasteiger partial charge in [-0.15, -0.1) is 0 Å². The predicted octanol–water partition coefficient (Wildman–Crippen LogP) is 2.35. The van der Waals surface area contributed by atoms with Crippen LogP contribution in [0.5, 0.6) is 0 Å². The third-order valence-corrected chi connectivity index (χ3v) is 3.88. The molecule has 1 heterocycles. The molecule has 0 radical (unpaired) electrons. The van der Waals surface area contributed by atoms with E-state index in [1.807, 2.05) is 6.92 Å². The van der Waals surface area contributed by atoms with E-state index in [9.17, 15) is 9.59 Å². The molecule has 0 saturated carbocycles. The minimum Gasteiger partial charge on any atom is -0.460 e. The van der Waals surface area contributed by atoms with Crippen molar-refractivity contribution in [1.82, 2.24) is 4.90 Å². The smallest absolute Gasteiger partial charge is 0.338 e. The minimum atomic E-state index is -0.470. The Bertz CT molecular complexity index is 533. The molecule has 2 N–H and O–H groups in total. The number of urea groups is 1. The quantitative estimate of drug-likeness (QED) is 0.870. The van der Waals surface area contributed by atoms with E-state index in [0.29, 0.717) is 17.1 Å². The maximum Gasteiger partial charge on any atom is 0.338 e. The van der Waals surface area contributed by atoms with E-state index in [0.717, 1.165) is 18.4 Å². The number of hydrogen-bond donors (Lipinski definition) is 1. The third kappa shape index (κ3) is 3.22. The highest BCUT2D eigenvalue weighted by atomic mass is 35.5. The third-order valence-electron chi connectivity index (χ3n) is 3.47. The maximum atomic E-state index is 11.9. The summed E-state index contributed by atoms with van der Waals surface area (Å²) in [6.45, 7) is 2.64. The van der Waals surface area contributed by atoms with Crippen molar-refractivity contribution in [2.45, 2.75) is 25.8 Å². The summed E-state index contributed by atoms with van der Waals surface area (Å²) in [6.07, 6.45) is 1.67. The van der Waals surface area contributed by atoms with Crippen molar-refractivity contribution >= 4 is 23.6 Å². The first-order chi connectivity index (χ1) is 9.49. The number of ether oxygens (including phenoxy) is 1. The molecule has 1 atom stereocenters. The van der Waals surface area contributed by atoms with Crippen LogP contribution < -0.4 is 5.73 Å². The lowest BCUT2D eigenvalue weighted by Gasteiger charge is -2.22. The minimum absolute atomic E-state index is 0.127. The Morgan fingerprint density at radius 1 is 1.50 bits per heavy atom. The Labute approximate surface area is 122 Å². The van der Waals surface area contributed by atoms with Crippen LogP contribution >= 0.6 is 11.6 Å². The van der Waals surface area contributed by atoms with E-state index in [4.69, 9.17) is 22.1 Å². The Morgan fingerprint density at radius 3 is 2.90 bits per heavy atom. The molecule has 0 spiro atoms. The second kappa shape index (κ2) is 6.13. The Kier molecular flexibility index (Phi) is 4.49. The van der Waals surface area contributed by atoms with Crippen LogP contribution in [0.15, 0.2) is 18.2 Å². The van der Waals surface area contributed by atoms with Crippen molar-refractivity contribution in [2.24, 2.45) is 5.73 Å². The highest BCUT2D eigenvalue weighted by Crippen LogP contribution is 2.19. The summed E-state index contributed by atoms with van der Waals surface area (Å²) < 4.78 is 5.24. The zero-order valence-corrected chi connectivity index (χ0v) is 12.0. The number of carbonyl (C=O) groups excluding carboxylic acids is 2. The molecule has 0 bridgehead atoms. The SMILES string of the molecule is Cc1ccc(C(=O)OC[C@H]2CCCN2C(N)=O)cc1Cl. The molecule has 20 heavy (non-hydrogen) atoms. The molecule has 1 aliphatic rings. The molecule has 6 heteroatoms. The zero-order chi connectivity index (χ0) is 14.7. The van der Waals surface area contributed by atoms with E-state index < -0.39 is 12.0 Å². The van der Waals surface area contributed by atoms with Gasteiger partial charge in [-0.25, -0.2) is 9.59 Å². The second-order valence-corrected chi connectivity index (χ2v) is 5.30. The van der Waals surface area contributed by atoms with Crippen molar-refractivity contribution in [3.8, 4) is 0 Å². The number of amides is 2. The number of hydrogen-bond acceptors (Lipinski definition) is 3. The van der Waals surface area contributed by atoms with Gasteiger partial charge in [-0.05, 0) is 37.5 Å². The van der Waals surface area contributed by atoms with E-state index in [2.05, 4.69) is 0 Å². The van der Waals surface area contributed by atoms with Crippen LogP contribution in [-0.2, 0) is 4.74 Å². The number of carbonyl (C=O) groups is 2. The molecule has 0 aliphatic carbocycles. The monoisotopic (exact) mass is 296 g/mol. The van der Waals surface area contributed by atoms with Crippen LogP contribution in [0.2, 0.25) is 5.02 Å².